The van der Waals surface area contributed by atoms with Gasteiger partial charge in [0.25, 0.3) is 0 Å². The first-order valence-electron chi connectivity index (χ1n) is 12.6. The highest BCUT2D eigenvalue weighted by Gasteiger charge is 2.41. The summed E-state index contributed by atoms with van der Waals surface area (Å²) in [6.07, 6.45) is 10.8. The van der Waals surface area contributed by atoms with Gasteiger partial charge in [0.2, 0.25) is 0 Å². The van der Waals surface area contributed by atoms with Crippen LogP contribution in [0.5, 0.6) is 0 Å². The Bertz CT molecular complexity index is 1450. The molecular weight excluding hydrogens is 474 g/mol. The molecule has 1 amide bonds. The van der Waals surface area contributed by atoms with E-state index in [2.05, 4.69) is 20.2 Å². The van der Waals surface area contributed by atoms with Crippen LogP contribution in [0.25, 0.3) is 22.3 Å². The molecule has 1 N–H and O–H groups in total. The Morgan fingerprint density at radius 3 is 2.54 bits per heavy atom. The highest BCUT2D eigenvalue weighted by molar-refractivity contribution is 5.97. The van der Waals surface area contributed by atoms with Gasteiger partial charge in [0, 0.05) is 42.0 Å². The molecule has 9 heteroatoms. The van der Waals surface area contributed by atoms with Crippen molar-refractivity contribution in [2.24, 2.45) is 0 Å². The van der Waals surface area contributed by atoms with Crippen LogP contribution in [-0.2, 0) is 10.7 Å². The maximum Gasteiger partial charge on any atom is 0.350 e. The zero-order valence-corrected chi connectivity index (χ0v) is 20.2. The number of halogens is 2. The van der Waals surface area contributed by atoms with E-state index in [9.17, 15) is 13.6 Å². The lowest BCUT2D eigenvalue weighted by Gasteiger charge is -2.29. The third-order valence-corrected chi connectivity index (χ3v) is 6.97. The van der Waals surface area contributed by atoms with Crippen LogP contribution in [0.2, 0.25) is 0 Å². The molecule has 0 unspecified atom stereocenters. The van der Waals surface area contributed by atoms with Crippen LogP contribution >= 0.6 is 0 Å². The molecule has 2 fully saturated rings. The minimum Gasteiger partial charge on any atom is -0.356 e. The molecule has 2 aliphatic rings. The van der Waals surface area contributed by atoms with Crippen LogP contribution in [0.4, 0.5) is 20.4 Å². The molecule has 1 aromatic carbocycles. The van der Waals surface area contributed by atoms with Crippen LogP contribution in [0.3, 0.4) is 0 Å². The van der Waals surface area contributed by atoms with Crippen molar-refractivity contribution in [2.75, 3.05) is 23.3 Å². The van der Waals surface area contributed by atoms with Gasteiger partial charge in [-0.05, 0) is 55.7 Å². The second-order valence-corrected chi connectivity index (χ2v) is 9.64. The molecule has 4 heterocycles. The molecule has 188 valence electrons. The van der Waals surface area contributed by atoms with E-state index >= 15 is 0 Å². The number of hydrogen-bond acceptors (Lipinski definition) is 6. The summed E-state index contributed by atoms with van der Waals surface area (Å²) < 4.78 is 29.4. The number of fused-ring (bicyclic) bond motifs is 1. The molecule has 4 aromatic rings. The number of piperidine rings is 1. The molecule has 7 nitrogen and oxygen atoms in total. The number of aromatic nitrogens is 4. The van der Waals surface area contributed by atoms with Gasteiger partial charge in [-0.25, -0.2) is 15.0 Å². The maximum absolute atomic E-state index is 14.7. The number of anilines is 2. The zero-order valence-electron chi connectivity index (χ0n) is 20.2. The van der Waals surface area contributed by atoms with Gasteiger partial charge in [-0.15, -0.1) is 0 Å². The maximum atomic E-state index is 14.7. The lowest BCUT2D eigenvalue weighted by atomic mass is 10.1. The minimum absolute atomic E-state index is 0.00572. The molecule has 37 heavy (non-hydrogen) atoms. The minimum atomic E-state index is -3.70. The molecule has 0 radical (unpaired) electrons. The number of carbonyl (C=O) groups is 1. The molecule has 3 aromatic heterocycles. The largest absolute Gasteiger partial charge is 0.356 e. The number of amides is 1. The number of rotatable bonds is 6. The number of nitrogens with zero attached hydrogens (tertiary/aromatic N) is 5. The monoisotopic (exact) mass is 500 g/mol. The average molecular weight is 501 g/mol. The first-order chi connectivity index (χ1) is 18.0. The van der Waals surface area contributed by atoms with Crippen LogP contribution in [0, 0.1) is 0 Å². The summed E-state index contributed by atoms with van der Waals surface area (Å²) in [5, 5.41) is 3.31. The van der Waals surface area contributed by atoms with Crippen molar-refractivity contribution in [1.82, 2.24) is 19.9 Å². The van der Waals surface area contributed by atoms with Crippen molar-refractivity contribution in [1.29, 1.82) is 0 Å². The molecule has 1 aliphatic carbocycles. The molecule has 0 spiro atoms. The normalized spacial score (nSPS) is 16.1. The quantitative estimate of drug-likeness (QED) is 0.366. The van der Waals surface area contributed by atoms with Gasteiger partial charge in [0.15, 0.2) is 5.82 Å². The highest BCUT2D eigenvalue weighted by atomic mass is 19.3. The summed E-state index contributed by atoms with van der Waals surface area (Å²) in [4.78, 5) is 33.1. The van der Waals surface area contributed by atoms with Gasteiger partial charge in [0.1, 0.15) is 11.6 Å². The van der Waals surface area contributed by atoms with Crippen molar-refractivity contribution in [3.63, 3.8) is 0 Å². The molecule has 1 aliphatic heterocycles. The van der Waals surface area contributed by atoms with E-state index in [-0.39, 0.29) is 11.4 Å². The number of nitrogens with one attached hydrogen (secondary N) is 1. The fourth-order valence-electron chi connectivity index (χ4n) is 4.87. The van der Waals surface area contributed by atoms with Gasteiger partial charge >= 0.3 is 11.8 Å². The second kappa shape index (κ2) is 9.46. The lowest BCUT2D eigenvalue weighted by molar-refractivity contribution is -0.140. The van der Waals surface area contributed by atoms with Crippen molar-refractivity contribution in [3.8, 4) is 11.4 Å². The summed E-state index contributed by atoms with van der Waals surface area (Å²) in [6.45, 7) is 1.84. The zero-order chi connectivity index (χ0) is 25.4. The summed E-state index contributed by atoms with van der Waals surface area (Å²) >= 11 is 0. The van der Waals surface area contributed by atoms with Crippen molar-refractivity contribution >= 4 is 28.4 Å². The first-order valence-corrected chi connectivity index (χ1v) is 12.6. The van der Waals surface area contributed by atoms with Gasteiger partial charge < -0.3 is 10.2 Å². The Morgan fingerprint density at radius 1 is 1.00 bits per heavy atom. The Morgan fingerprint density at radius 2 is 1.78 bits per heavy atom. The van der Waals surface area contributed by atoms with E-state index in [1.54, 1.807) is 18.3 Å². The van der Waals surface area contributed by atoms with E-state index in [0.717, 1.165) is 55.5 Å². The van der Waals surface area contributed by atoms with Crippen molar-refractivity contribution in [2.45, 2.75) is 43.9 Å². The number of alkyl halides is 2. The molecule has 0 bridgehead atoms. The second-order valence-electron chi connectivity index (χ2n) is 9.64. The fourth-order valence-corrected chi connectivity index (χ4v) is 4.87. The molecule has 1 saturated heterocycles. The Kier molecular flexibility index (Phi) is 5.98. The van der Waals surface area contributed by atoms with Gasteiger partial charge in [-0.3, -0.25) is 9.78 Å². The van der Waals surface area contributed by atoms with Crippen LogP contribution in [-0.4, -0.2) is 38.9 Å². The van der Waals surface area contributed by atoms with Crippen LogP contribution in [0.1, 0.15) is 49.1 Å². The van der Waals surface area contributed by atoms with Crippen molar-refractivity contribution < 1.29 is 13.6 Å². The third-order valence-electron chi connectivity index (χ3n) is 6.97. The van der Waals surface area contributed by atoms with E-state index in [1.807, 2.05) is 6.20 Å². The average Bonchev–Trinajstić information content (AvgIpc) is 3.79. The van der Waals surface area contributed by atoms with Crippen LogP contribution < -0.4 is 10.2 Å². The summed E-state index contributed by atoms with van der Waals surface area (Å²) in [5.41, 5.74) is 2.14. The molecule has 1 saturated carbocycles. The Labute approximate surface area is 213 Å². The number of hydrogen-bond donors (Lipinski definition) is 1. The SMILES string of the molecule is O=C(Nc1cc(-c2nc(N3CCCCC3)c3c(C4CC4)cncc3n2)ccn1)C(F)(F)c1ccccc1. The van der Waals surface area contributed by atoms with E-state index in [1.165, 1.54) is 48.5 Å². The van der Waals surface area contributed by atoms with E-state index in [0.29, 0.717) is 17.3 Å². The number of carbonyl (C=O) groups excluding carboxylic acids is 1. The van der Waals surface area contributed by atoms with Gasteiger partial charge in [-0.1, -0.05) is 30.3 Å². The van der Waals surface area contributed by atoms with Crippen LogP contribution in [0.15, 0.2) is 61.1 Å². The van der Waals surface area contributed by atoms with Gasteiger partial charge in [-0.2, -0.15) is 8.78 Å². The number of pyridine rings is 2. The summed E-state index contributed by atoms with van der Waals surface area (Å²) in [6, 6.07) is 10.2. The summed E-state index contributed by atoms with van der Waals surface area (Å²) in [7, 11) is 0. The predicted octanol–water partition coefficient (Wildman–Crippen LogP) is 5.69. The lowest BCUT2D eigenvalue weighted by Crippen LogP contribution is -2.32. The summed E-state index contributed by atoms with van der Waals surface area (Å²) in [5.74, 6) is -3.33. The number of benzene rings is 1. The molecule has 0 atom stereocenters. The Balaban J connectivity index is 1.37. The van der Waals surface area contributed by atoms with Crippen molar-refractivity contribution in [3.05, 3.63) is 72.2 Å². The smallest absolute Gasteiger partial charge is 0.350 e. The molecule has 6 rings (SSSR count). The van der Waals surface area contributed by atoms with E-state index < -0.39 is 11.8 Å². The third kappa shape index (κ3) is 4.61. The molecular formula is C28H26F2N6O. The standard InChI is InChI=1S/C28H26F2N6O/c29-28(30,20-7-3-1-4-8-20)27(37)34-23-15-19(11-12-32-23)25-33-22-17-31-16-21(18-9-10-18)24(22)26(35-25)36-13-5-2-6-14-36/h1,3-4,7-8,11-12,15-18H,2,5-6,9-10,13-14H2,(H,32,34,37). The fraction of sp³-hybridized carbons (Fsp3) is 0.321. The Hall–Kier alpha value is -4.01. The first kappa shape index (κ1) is 23.4. The van der Waals surface area contributed by atoms with E-state index in [4.69, 9.17) is 9.97 Å². The van der Waals surface area contributed by atoms with Gasteiger partial charge in [0.05, 0.1) is 11.7 Å². The predicted molar refractivity (Wildman–Crippen MR) is 138 cm³/mol. The highest BCUT2D eigenvalue weighted by Crippen LogP contribution is 2.45. The topological polar surface area (TPSA) is 83.9 Å².